The molecule has 0 heterocycles. The maximum atomic E-state index is 10.1. The van der Waals surface area contributed by atoms with Crippen molar-refractivity contribution in [2.45, 2.75) is 64.7 Å². The van der Waals surface area contributed by atoms with Crippen LogP contribution in [0.2, 0.25) is 0 Å². The molecular formula is C12H23O2S-. The van der Waals surface area contributed by atoms with Crippen molar-refractivity contribution >= 4 is 11.1 Å². The first-order chi connectivity index (χ1) is 7.27. The largest absolute Gasteiger partial charge is 0.769 e. The topological polar surface area (TPSA) is 40.1 Å². The minimum atomic E-state index is -2.01. The Morgan fingerprint density at radius 3 is 2.07 bits per heavy atom. The van der Waals surface area contributed by atoms with Crippen molar-refractivity contribution in [1.82, 2.24) is 0 Å². The van der Waals surface area contributed by atoms with Crippen LogP contribution >= 0.6 is 0 Å². The molecule has 0 aliphatic heterocycles. The zero-order valence-corrected chi connectivity index (χ0v) is 10.6. The van der Waals surface area contributed by atoms with E-state index < -0.39 is 11.1 Å². The van der Waals surface area contributed by atoms with E-state index in [1.54, 1.807) is 6.08 Å². The van der Waals surface area contributed by atoms with E-state index in [4.69, 9.17) is 0 Å². The molecule has 0 aliphatic carbocycles. The molecule has 90 valence electrons. The molecule has 0 N–H and O–H groups in total. The summed E-state index contributed by atoms with van der Waals surface area (Å²) in [6.07, 6.45) is 13.0. The summed E-state index contributed by atoms with van der Waals surface area (Å²) in [5.74, 6) is 0. The predicted molar refractivity (Wildman–Crippen MR) is 65.3 cm³/mol. The summed E-state index contributed by atoms with van der Waals surface area (Å²) in [6.45, 7) is 2.23. The lowest BCUT2D eigenvalue weighted by molar-refractivity contribution is 0.546. The molecule has 0 aliphatic rings. The van der Waals surface area contributed by atoms with Crippen LogP contribution in [0.25, 0.3) is 0 Å². The number of hydrogen-bond donors (Lipinski definition) is 0. The molecular weight excluding hydrogens is 208 g/mol. The Morgan fingerprint density at radius 1 is 1.00 bits per heavy atom. The van der Waals surface area contributed by atoms with Gasteiger partial charge in [-0.15, -0.1) is 0 Å². The highest BCUT2D eigenvalue weighted by atomic mass is 32.2. The first-order valence-electron chi connectivity index (χ1n) is 6.02. The second kappa shape index (κ2) is 11.9. The summed E-state index contributed by atoms with van der Waals surface area (Å²) in [5.41, 5.74) is 0. The van der Waals surface area contributed by atoms with Gasteiger partial charge in [-0.05, 0) is 29.3 Å². The maximum Gasteiger partial charge on any atom is -0.0155 e. The molecule has 1 atom stereocenters. The van der Waals surface area contributed by atoms with E-state index in [9.17, 15) is 8.76 Å². The maximum absolute atomic E-state index is 10.1. The first-order valence-corrected chi connectivity index (χ1v) is 7.16. The zero-order chi connectivity index (χ0) is 11.4. The Hall–Kier alpha value is -0.150. The van der Waals surface area contributed by atoms with Gasteiger partial charge in [-0.25, -0.2) is 0 Å². The van der Waals surface area contributed by atoms with E-state index in [-0.39, 0.29) is 0 Å². The fourth-order valence-electron chi connectivity index (χ4n) is 1.54. The molecule has 15 heavy (non-hydrogen) atoms. The summed E-state index contributed by atoms with van der Waals surface area (Å²) in [4.78, 5) is 0. The zero-order valence-electron chi connectivity index (χ0n) is 9.74. The van der Waals surface area contributed by atoms with Crippen LogP contribution in [-0.2, 0) is 11.1 Å². The van der Waals surface area contributed by atoms with Crippen LogP contribution in [0.5, 0.6) is 0 Å². The molecule has 1 unspecified atom stereocenters. The third kappa shape index (κ3) is 13.9. The Labute approximate surface area is 96.4 Å². The molecule has 0 radical (unpaired) electrons. The van der Waals surface area contributed by atoms with Gasteiger partial charge in [0.1, 0.15) is 0 Å². The van der Waals surface area contributed by atoms with Gasteiger partial charge in [-0.3, -0.25) is 4.21 Å². The molecule has 0 spiro atoms. The van der Waals surface area contributed by atoms with Crippen LogP contribution in [0.15, 0.2) is 11.5 Å². The molecule has 0 rings (SSSR count). The number of hydrogen-bond acceptors (Lipinski definition) is 2. The molecule has 0 fully saturated rings. The molecule has 2 nitrogen and oxygen atoms in total. The van der Waals surface area contributed by atoms with Crippen molar-refractivity contribution < 1.29 is 8.76 Å². The molecule has 3 heteroatoms. The monoisotopic (exact) mass is 231 g/mol. The Balaban J connectivity index is 3.02. The third-order valence-corrected chi connectivity index (χ3v) is 2.85. The number of allylic oxidation sites excluding steroid dienone is 1. The Kier molecular flexibility index (Phi) is 11.8. The average Bonchev–Trinajstić information content (AvgIpc) is 2.20. The second-order valence-electron chi connectivity index (χ2n) is 3.90. The van der Waals surface area contributed by atoms with Crippen molar-refractivity contribution in [3.63, 3.8) is 0 Å². The molecule has 0 saturated heterocycles. The summed E-state index contributed by atoms with van der Waals surface area (Å²) in [5, 5.41) is 1.24. The van der Waals surface area contributed by atoms with Crippen LogP contribution in [0, 0.1) is 0 Å². The smallest absolute Gasteiger partial charge is 0.0155 e. The van der Waals surface area contributed by atoms with E-state index in [2.05, 4.69) is 6.92 Å². The van der Waals surface area contributed by atoms with E-state index in [0.29, 0.717) is 0 Å². The fraction of sp³-hybridized carbons (Fsp3) is 0.833. The lowest BCUT2D eigenvalue weighted by Gasteiger charge is -2.00. The van der Waals surface area contributed by atoms with Crippen LogP contribution in [-0.4, -0.2) is 8.76 Å². The van der Waals surface area contributed by atoms with Crippen LogP contribution in [0.1, 0.15) is 64.7 Å². The highest BCUT2D eigenvalue weighted by Gasteiger charge is 1.90. The van der Waals surface area contributed by atoms with Gasteiger partial charge in [0.15, 0.2) is 0 Å². The SMILES string of the molecule is CCCCCCCCCCC=CS(=O)[O-]. The van der Waals surface area contributed by atoms with Gasteiger partial charge < -0.3 is 4.55 Å². The molecule has 0 aromatic carbocycles. The molecule has 0 saturated carbocycles. The highest BCUT2D eigenvalue weighted by molar-refractivity contribution is 7.82. The van der Waals surface area contributed by atoms with E-state index >= 15 is 0 Å². The normalized spacial score (nSPS) is 13.5. The van der Waals surface area contributed by atoms with Gasteiger partial charge in [-0.2, -0.15) is 0 Å². The van der Waals surface area contributed by atoms with Gasteiger partial charge >= 0.3 is 0 Å². The van der Waals surface area contributed by atoms with Crippen LogP contribution in [0.3, 0.4) is 0 Å². The van der Waals surface area contributed by atoms with E-state index in [1.165, 1.54) is 50.4 Å². The lowest BCUT2D eigenvalue weighted by atomic mass is 10.1. The lowest BCUT2D eigenvalue weighted by Crippen LogP contribution is -1.81. The van der Waals surface area contributed by atoms with E-state index in [0.717, 1.165) is 12.8 Å². The van der Waals surface area contributed by atoms with Gasteiger partial charge in [-0.1, -0.05) is 57.9 Å². The summed E-state index contributed by atoms with van der Waals surface area (Å²) >= 11 is -2.01. The molecule has 0 bridgehead atoms. The molecule has 0 amide bonds. The minimum Gasteiger partial charge on any atom is -0.769 e. The van der Waals surface area contributed by atoms with Crippen molar-refractivity contribution in [2.75, 3.05) is 0 Å². The fourth-order valence-corrected chi connectivity index (χ4v) is 1.84. The number of rotatable bonds is 10. The van der Waals surface area contributed by atoms with Crippen molar-refractivity contribution in [3.05, 3.63) is 11.5 Å². The van der Waals surface area contributed by atoms with Crippen molar-refractivity contribution in [2.24, 2.45) is 0 Å². The second-order valence-corrected chi connectivity index (χ2v) is 4.69. The summed E-state index contributed by atoms with van der Waals surface area (Å²) < 4.78 is 20.3. The van der Waals surface area contributed by atoms with Crippen LogP contribution in [0.4, 0.5) is 0 Å². The van der Waals surface area contributed by atoms with Crippen molar-refractivity contribution in [1.29, 1.82) is 0 Å². The number of unbranched alkanes of at least 4 members (excludes halogenated alkanes) is 8. The third-order valence-electron chi connectivity index (χ3n) is 2.43. The summed E-state index contributed by atoms with van der Waals surface area (Å²) in [6, 6.07) is 0. The average molecular weight is 231 g/mol. The predicted octanol–water partition coefficient (Wildman–Crippen LogP) is 3.91. The van der Waals surface area contributed by atoms with Gasteiger partial charge in [0.25, 0.3) is 0 Å². The first kappa shape index (κ1) is 14.8. The quantitative estimate of drug-likeness (QED) is 0.422. The molecule has 0 aromatic rings. The Morgan fingerprint density at radius 2 is 1.53 bits per heavy atom. The standard InChI is InChI=1S/C12H24O2S/c1-2-3-4-5-6-7-8-9-10-11-12-15(13)14/h11-12H,2-10H2,1H3,(H,13,14)/p-1. The van der Waals surface area contributed by atoms with Gasteiger partial charge in [0.2, 0.25) is 0 Å². The van der Waals surface area contributed by atoms with Gasteiger partial charge in [0, 0.05) is 0 Å². The van der Waals surface area contributed by atoms with Crippen LogP contribution < -0.4 is 0 Å². The minimum absolute atomic E-state index is 0.892. The molecule has 0 aromatic heterocycles. The Bertz CT molecular complexity index is 178. The summed E-state index contributed by atoms with van der Waals surface area (Å²) in [7, 11) is 0. The van der Waals surface area contributed by atoms with E-state index in [1.807, 2.05) is 0 Å². The van der Waals surface area contributed by atoms with Gasteiger partial charge in [0.05, 0.1) is 0 Å². The van der Waals surface area contributed by atoms with Crippen molar-refractivity contribution in [3.8, 4) is 0 Å². The highest BCUT2D eigenvalue weighted by Crippen LogP contribution is 2.09.